The smallest absolute Gasteiger partial charge is 0.251 e. The minimum Gasteiger partial charge on any atom is -0.388 e. The van der Waals surface area contributed by atoms with Gasteiger partial charge >= 0.3 is 0 Å². The van der Waals surface area contributed by atoms with Crippen LogP contribution in [-0.2, 0) is 0 Å². The van der Waals surface area contributed by atoms with Crippen molar-refractivity contribution in [1.29, 1.82) is 0 Å². The molecule has 116 valence electrons. The Labute approximate surface area is 139 Å². The summed E-state index contributed by atoms with van der Waals surface area (Å²) in [7, 11) is 0. The van der Waals surface area contributed by atoms with Crippen molar-refractivity contribution in [3.8, 4) is 0 Å². The van der Waals surface area contributed by atoms with Crippen LogP contribution >= 0.6 is 23.2 Å². The predicted molar refractivity (Wildman–Crippen MR) is 89.4 cm³/mol. The Morgan fingerprint density at radius 2 is 1.82 bits per heavy atom. The second-order valence-electron chi connectivity index (χ2n) is 5.17. The summed E-state index contributed by atoms with van der Waals surface area (Å²) < 4.78 is 0. The molecule has 2 aromatic carbocycles. The summed E-state index contributed by atoms with van der Waals surface area (Å²) >= 11 is 11.7. The molecule has 0 bridgehead atoms. The van der Waals surface area contributed by atoms with Crippen LogP contribution < -0.4 is 5.32 Å². The third-order valence-electron chi connectivity index (χ3n) is 3.32. The maximum absolute atomic E-state index is 12.1. The van der Waals surface area contributed by atoms with Crippen molar-refractivity contribution in [3.05, 3.63) is 69.7 Å². The highest BCUT2D eigenvalue weighted by molar-refractivity contribution is 6.42. The molecule has 0 saturated carbocycles. The Bertz CT molecular complexity index is 646. The fraction of sp³-hybridized carbons (Fsp3) is 0.235. The van der Waals surface area contributed by atoms with Crippen LogP contribution in [0.1, 0.15) is 35.4 Å². The van der Waals surface area contributed by atoms with Gasteiger partial charge in [-0.05, 0) is 37.1 Å². The molecule has 0 unspecified atom stereocenters. The molecule has 0 spiro atoms. The van der Waals surface area contributed by atoms with Gasteiger partial charge in [0.2, 0.25) is 0 Å². The van der Waals surface area contributed by atoms with E-state index in [9.17, 15) is 9.90 Å². The van der Waals surface area contributed by atoms with Gasteiger partial charge in [-0.15, -0.1) is 0 Å². The molecule has 0 saturated heterocycles. The number of amides is 1. The molecular weight excluding hydrogens is 321 g/mol. The van der Waals surface area contributed by atoms with Crippen molar-refractivity contribution in [2.45, 2.75) is 25.5 Å². The highest BCUT2D eigenvalue weighted by Crippen LogP contribution is 2.23. The topological polar surface area (TPSA) is 49.3 Å². The van der Waals surface area contributed by atoms with E-state index in [0.717, 1.165) is 5.56 Å². The number of halogens is 2. The fourth-order valence-corrected chi connectivity index (χ4v) is 2.45. The zero-order valence-corrected chi connectivity index (χ0v) is 13.6. The van der Waals surface area contributed by atoms with Gasteiger partial charge in [0.1, 0.15) is 0 Å². The molecular formula is C17H17Cl2NO2. The molecule has 2 atom stereocenters. The van der Waals surface area contributed by atoms with Gasteiger partial charge in [-0.25, -0.2) is 0 Å². The number of benzene rings is 2. The number of hydrogen-bond donors (Lipinski definition) is 2. The van der Waals surface area contributed by atoms with Crippen molar-refractivity contribution in [3.63, 3.8) is 0 Å². The summed E-state index contributed by atoms with van der Waals surface area (Å²) in [6, 6.07) is 13.9. The van der Waals surface area contributed by atoms with E-state index >= 15 is 0 Å². The first-order valence-corrected chi connectivity index (χ1v) is 7.72. The number of hydrogen-bond acceptors (Lipinski definition) is 2. The quantitative estimate of drug-likeness (QED) is 0.857. The average molecular weight is 338 g/mol. The first-order chi connectivity index (χ1) is 10.5. The Morgan fingerprint density at radius 1 is 1.14 bits per heavy atom. The third-order valence-corrected chi connectivity index (χ3v) is 4.06. The number of carbonyl (C=O) groups is 1. The van der Waals surface area contributed by atoms with Gasteiger partial charge in [0.25, 0.3) is 5.91 Å². The van der Waals surface area contributed by atoms with Gasteiger partial charge in [-0.3, -0.25) is 4.79 Å². The highest BCUT2D eigenvalue weighted by atomic mass is 35.5. The summed E-state index contributed by atoms with van der Waals surface area (Å²) in [5, 5.41) is 13.8. The van der Waals surface area contributed by atoms with E-state index in [1.165, 1.54) is 6.07 Å². The molecule has 0 heterocycles. The Hall–Kier alpha value is -1.55. The second kappa shape index (κ2) is 7.63. The standard InChI is InChI=1S/C17H17Cl2NO2/c1-11(9-16(21)12-5-3-2-4-6-12)20-17(22)13-7-8-14(18)15(19)10-13/h2-8,10-11,16,21H,9H2,1H3,(H,20,22)/t11-,16-/m0/s1. The largest absolute Gasteiger partial charge is 0.388 e. The molecule has 0 radical (unpaired) electrons. The van der Waals surface area contributed by atoms with Crippen LogP contribution in [0.4, 0.5) is 0 Å². The number of aliphatic hydroxyl groups is 1. The lowest BCUT2D eigenvalue weighted by atomic mass is 10.0. The molecule has 2 rings (SSSR count). The average Bonchev–Trinajstić information content (AvgIpc) is 2.50. The molecule has 0 aliphatic carbocycles. The summed E-state index contributed by atoms with van der Waals surface area (Å²) in [5.74, 6) is -0.244. The van der Waals surface area contributed by atoms with Crippen LogP contribution in [0.25, 0.3) is 0 Å². The third kappa shape index (κ3) is 4.47. The maximum Gasteiger partial charge on any atom is 0.251 e. The van der Waals surface area contributed by atoms with Gasteiger partial charge in [0.05, 0.1) is 16.1 Å². The van der Waals surface area contributed by atoms with Crippen molar-refractivity contribution in [2.75, 3.05) is 0 Å². The number of rotatable bonds is 5. The van der Waals surface area contributed by atoms with Gasteiger partial charge in [0.15, 0.2) is 0 Å². The Kier molecular flexibility index (Phi) is 5.83. The van der Waals surface area contributed by atoms with Crippen LogP contribution in [0.2, 0.25) is 10.0 Å². The summed E-state index contributed by atoms with van der Waals surface area (Å²) in [4.78, 5) is 12.1. The van der Waals surface area contributed by atoms with Crippen LogP contribution in [-0.4, -0.2) is 17.1 Å². The monoisotopic (exact) mass is 337 g/mol. The van der Waals surface area contributed by atoms with Gasteiger partial charge in [-0.2, -0.15) is 0 Å². The molecule has 22 heavy (non-hydrogen) atoms. The van der Waals surface area contributed by atoms with E-state index in [1.54, 1.807) is 12.1 Å². The van der Waals surface area contributed by atoms with Crippen LogP contribution in [0.3, 0.4) is 0 Å². The van der Waals surface area contributed by atoms with Crippen LogP contribution in [0, 0.1) is 0 Å². The van der Waals surface area contributed by atoms with E-state index in [-0.39, 0.29) is 11.9 Å². The van der Waals surface area contributed by atoms with E-state index in [2.05, 4.69) is 5.32 Å². The van der Waals surface area contributed by atoms with Crippen molar-refractivity contribution < 1.29 is 9.90 Å². The molecule has 0 aliphatic rings. The minimum absolute atomic E-state index is 0.183. The molecule has 0 fully saturated rings. The predicted octanol–water partition coefficient (Wildman–Crippen LogP) is 4.24. The zero-order chi connectivity index (χ0) is 16.1. The molecule has 2 N–H and O–H groups in total. The molecule has 5 heteroatoms. The second-order valence-corrected chi connectivity index (χ2v) is 5.98. The lowest BCUT2D eigenvalue weighted by Gasteiger charge is -2.18. The van der Waals surface area contributed by atoms with Gasteiger partial charge in [-0.1, -0.05) is 53.5 Å². The Morgan fingerprint density at radius 3 is 2.45 bits per heavy atom. The van der Waals surface area contributed by atoms with E-state index in [4.69, 9.17) is 23.2 Å². The highest BCUT2D eigenvalue weighted by Gasteiger charge is 2.15. The summed E-state index contributed by atoms with van der Waals surface area (Å²) in [5.41, 5.74) is 1.27. The molecule has 2 aromatic rings. The number of nitrogens with one attached hydrogen (secondary N) is 1. The first-order valence-electron chi connectivity index (χ1n) is 6.96. The molecule has 0 aromatic heterocycles. The SMILES string of the molecule is C[C@@H](C[C@H](O)c1ccccc1)NC(=O)c1ccc(Cl)c(Cl)c1. The van der Waals surface area contributed by atoms with E-state index < -0.39 is 6.10 Å². The molecule has 3 nitrogen and oxygen atoms in total. The van der Waals surface area contributed by atoms with Crippen molar-refractivity contribution >= 4 is 29.1 Å². The lowest BCUT2D eigenvalue weighted by Crippen LogP contribution is -2.33. The van der Waals surface area contributed by atoms with Crippen LogP contribution in [0.15, 0.2) is 48.5 Å². The normalized spacial score (nSPS) is 13.5. The van der Waals surface area contributed by atoms with Crippen LogP contribution in [0.5, 0.6) is 0 Å². The molecule has 1 amide bonds. The Balaban J connectivity index is 1.95. The van der Waals surface area contributed by atoms with Gasteiger partial charge in [0, 0.05) is 11.6 Å². The zero-order valence-electron chi connectivity index (χ0n) is 12.1. The summed E-state index contributed by atoms with van der Waals surface area (Å²) in [6.07, 6.45) is -0.192. The van der Waals surface area contributed by atoms with Crippen molar-refractivity contribution in [1.82, 2.24) is 5.32 Å². The minimum atomic E-state index is -0.620. The maximum atomic E-state index is 12.1. The van der Waals surface area contributed by atoms with E-state index in [0.29, 0.717) is 22.0 Å². The lowest BCUT2D eigenvalue weighted by molar-refractivity contribution is 0.0917. The fourth-order valence-electron chi connectivity index (χ4n) is 2.15. The van der Waals surface area contributed by atoms with Gasteiger partial charge < -0.3 is 10.4 Å². The van der Waals surface area contributed by atoms with E-state index in [1.807, 2.05) is 37.3 Å². The summed E-state index contributed by atoms with van der Waals surface area (Å²) in [6.45, 7) is 1.85. The number of carbonyl (C=O) groups excluding carboxylic acids is 1. The number of aliphatic hydroxyl groups excluding tert-OH is 1. The first kappa shape index (κ1) is 16.8. The molecule has 0 aliphatic heterocycles. The van der Waals surface area contributed by atoms with Crippen molar-refractivity contribution in [2.24, 2.45) is 0 Å².